The molecule has 8 heteroatoms. The topological polar surface area (TPSA) is 69.7 Å². The fourth-order valence-corrected chi connectivity index (χ4v) is 3.68. The zero-order chi connectivity index (χ0) is 24.3. The van der Waals surface area contributed by atoms with Gasteiger partial charge in [0.1, 0.15) is 6.04 Å². The maximum Gasteiger partial charge on any atom is 0.254 e. The summed E-state index contributed by atoms with van der Waals surface area (Å²) in [5, 5.41) is 2.73. The highest BCUT2D eigenvalue weighted by molar-refractivity contribution is 5.97. The molecule has 0 aliphatic carbocycles. The van der Waals surface area contributed by atoms with Crippen molar-refractivity contribution in [2.75, 3.05) is 26.2 Å². The molecule has 6 nitrogen and oxygen atoms in total. The van der Waals surface area contributed by atoms with Gasteiger partial charge in [-0.15, -0.1) is 0 Å². The fourth-order valence-electron chi connectivity index (χ4n) is 3.68. The van der Waals surface area contributed by atoms with E-state index in [0.29, 0.717) is 5.56 Å². The van der Waals surface area contributed by atoms with Crippen LogP contribution < -0.4 is 5.32 Å². The number of benzene rings is 2. The van der Waals surface area contributed by atoms with Crippen LogP contribution in [0.15, 0.2) is 42.5 Å². The molecule has 0 spiro atoms. The van der Waals surface area contributed by atoms with Crippen molar-refractivity contribution >= 4 is 17.7 Å². The van der Waals surface area contributed by atoms with Crippen LogP contribution >= 0.6 is 0 Å². The minimum Gasteiger partial charge on any atom is -0.341 e. The largest absolute Gasteiger partial charge is 0.341 e. The number of amides is 3. The predicted molar refractivity (Wildman–Crippen MR) is 121 cm³/mol. The second-order valence-corrected chi connectivity index (χ2v) is 9.27. The quantitative estimate of drug-likeness (QED) is 0.766. The van der Waals surface area contributed by atoms with Crippen molar-refractivity contribution < 1.29 is 23.2 Å². The summed E-state index contributed by atoms with van der Waals surface area (Å²) in [5.41, 5.74) is 1.63. The number of nitrogens with one attached hydrogen (secondary N) is 1. The second-order valence-electron chi connectivity index (χ2n) is 9.27. The minimum atomic E-state index is -1.08. The molecule has 33 heavy (non-hydrogen) atoms. The van der Waals surface area contributed by atoms with Gasteiger partial charge in [-0.05, 0) is 48.2 Å². The van der Waals surface area contributed by atoms with E-state index in [1.165, 1.54) is 11.0 Å². The Bertz CT molecular complexity index is 1040. The van der Waals surface area contributed by atoms with Gasteiger partial charge in [-0.25, -0.2) is 8.78 Å². The number of hydrogen-bond donors (Lipinski definition) is 1. The highest BCUT2D eigenvalue weighted by atomic mass is 19.2. The summed E-state index contributed by atoms with van der Waals surface area (Å²) in [6.45, 7) is 9.00. The van der Waals surface area contributed by atoms with Gasteiger partial charge in [0.25, 0.3) is 11.8 Å². The third-order valence-electron chi connectivity index (χ3n) is 5.78. The summed E-state index contributed by atoms with van der Waals surface area (Å²) in [5.74, 6) is -3.07. The molecular weight excluding hydrogens is 428 g/mol. The average molecular weight is 458 g/mol. The molecule has 0 saturated carbocycles. The number of hydrogen-bond acceptors (Lipinski definition) is 3. The van der Waals surface area contributed by atoms with E-state index in [1.54, 1.807) is 24.0 Å². The molecule has 1 heterocycles. The van der Waals surface area contributed by atoms with Crippen LogP contribution in [0.1, 0.15) is 54.0 Å². The van der Waals surface area contributed by atoms with E-state index in [9.17, 15) is 23.2 Å². The van der Waals surface area contributed by atoms with Crippen LogP contribution in [0, 0.1) is 11.6 Å². The zero-order valence-corrected chi connectivity index (χ0v) is 19.3. The molecule has 1 aliphatic rings. The Balaban J connectivity index is 1.54. The molecule has 3 rings (SSSR count). The molecule has 1 N–H and O–H groups in total. The SMILES string of the molecule is CC(NC(=O)c1ccc(C(C)(C)C)cc1)C(=O)N1CCN(C(=O)c2ccc(F)c(F)c2)CC1. The molecule has 1 fully saturated rings. The van der Waals surface area contributed by atoms with Crippen molar-refractivity contribution in [2.24, 2.45) is 0 Å². The van der Waals surface area contributed by atoms with E-state index < -0.39 is 23.6 Å². The molecule has 1 atom stereocenters. The fraction of sp³-hybridized carbons (Fsp3) is 0.400. The van der Waals surface area contributed by atoms with Gasteiger partial charge >= 0.3 is 0 Å². The number of carbonyl (C=O) groups is 3. The highest BCUT2D eigenvalue weighted by Crippen LogP contribution is 2.22. The Labute approximate surface area is 192 Å². The Hall–Kier alpha value is -3.29. The van der Waals surface area contributed by atoms with E-state index in [4.69, 9.17) is 0 Å². The lowest BCUT2D eigenvalue weighted by Crippen LogP contribution is -2.55. The molecule has 0 bridgehead atoms. The van der Waals surface area contributed by atoms with Crippen molar-refractivity contribution in [1.82, 2.24) is 15.1 Å². The summed E-state index contributed by atoms with van der Waals surface area (Å²) in [6.07, 6.45) is 0. The van der Waals surface area contributed by atoms with Crippen molar-refractivity contribution in [1.29, 1.82) is 0 Å². The van der Waals surface area contributed by atoms with E-state index in [0.717, 1.165) is 17.7 Å². The third kappa shape index (κ3) is 5.74. The highest BCUT2D eigenvalue weighted by Gasteiger charge is 2.28. The van der Waals surface area contributed by atoms with Gasteiger partial charge in [0, 0.05) is 37.3 Å². The molecule has 1 aliphatic heterocycles. The lowest BCUT2D eigenvalue weighted by atomic mass is 9.86. The molecular formula is C25H29F2N3O3. The number of carbonyl (C=O) groups excluding carboxylic acids is 3. The predicted octanol–water partition coefficient (Wildman–Crippen LogP) is 3.37. The van der Waals surface area contributed by atoms with Gasteiger partial charge in [-0.2, -0.15) is 0 Å². The van der Waals surface area contributed by atoms with Crippen LogP contribution in [0.2, 0.25) is 0 Å². The van der Waals surface area contributed by atoms with Gasteiger partial charge in [0.2, 0.25) is 5.91 Å². The van der Waals surface area contributed by atoms with E-state index in [2.05, 4.69) is 26.1 Å². The summed E-state index contributed by atoms with van der Waals surface area (Å²) in [6, 6.07) is 9.61. The van der Waals surface area contributed by atoms with Crippen molar-refractivity contribution in [2.45, 2.75) is 39.2 Å². The summed E-state index contributed by atoms with van der Waals surface area (Å²) >= 11 is 0. The molecule has 1 saturated heterocycles. The van der Waals surface area contributed by atoms with Crippen LogP contribution in [-0.2, 0) is 10.2 Å². The Morgan fingerprint density at radius 2 is 1.39 bits per heavy atom. The Morgan fingerprint density at radius 1 is 0.848 bits per heavy atom. The van der Waals surface area contributed by atoms with Crippen LogP contribution in [0.3, 0.4) is 0 Å². The van der Waals surface area contributed by atoms with Crippen molar-refractivity contribution in [3.8, 4) is 0 Å². The van der Waals surface area contributed by atoms with Crippen LogP contribution in [0.25, 0.3) is 0 Å². The Morgan fingerprint density at radius 3 is 1.94 bits per heavy atom. The first kappa shape index (κ1) is 24.4. The zero-order valence-electron chi connectivity index (χ0n) is 19.3. The van der Waals surface area contributed by atoms with Crippen molar-refractivity contribution in [3.05, 3.63) is 70.8 Å². The van der Waals surface area contributed by atoms with E-state index in [-0.39, 0.29) is 49.0 Å². The molecule has 3 amide bonds. The first-order valence-corrected chi connectivity index (χ1v) is 10.9. The molecule has 2 aromatic rings. The van der Waals surface area contributed by atoms with Crippen LogP contribution in [0.4, 0.5) is 8.78 Å². The van der Waals surface area contributed by atoms with Crippen LogP contribution in [-0.4, -0.2) is 59.7 Å². The number of piperazine rings is 1. The second kappa shape index (κ2) is 9.68. The molecule has 176 valence electrons. The maximum atomic E-state index is 13.4. The van der Waals surface area contributed by atoms with Crippen LogP contribution in [0.5, 0.6) is 0 Å². The molecule has 2 aromatic carbocycles. The van der Waals surface area contributed by atoms with Gasteiger partial charge in [-0.1, -0.05) is 32.9 Å². The summed E-state index contributed by atoms with van der Waals surface area (Å²) < 4.78 is 26.5. The normalized spacial score (nSPS) is 15.2. The maximum absolute atomic E-state index is 13.4. The van der Waals surface area contributed by atoms with Gasteiger partial charge < -0.3 is 15.1 Å². The lowest BCUT2D eigenvalue weighted by molar-refractivity contribution is -0.134. The van der Waals surface area contributed by atoms with Gasteiger partial charge in [-0.3, -0.25) is 14.4 Å². The standard InChI is InChI=1S/C25H29F2N3O3/c1-16(28-22(31)17-5-8-19(9-6-17)25(2,3)4)23(32)29-11-13-30(14-12-29)24(33)18-7-10-20(26)21(27)15-18/h5-10,15-16H,11-14H2,1-4H3,(H,28,31). The van der Waals surface area contributed by atoms with E-state index >= 15 is 0 Å². The van der Waals surface area contributed by atoms with E-state index in [1.807, 2.05) is 12.1 Å². The molecule has 0 radical (unpaired) electrons. The Kier molecular flexibility index (Phi) is 7.15. The first-order chi connectivity index (χ1) is 15.5. The summed E-state index contributed by atoms with van der Waals surface area (Å²) in [4.78, 5) is 41.0. The number of rotatable bonds is 4. The third-order valence-corrected chi connectivity index (χ3v) is 5.78. The number of nitrogens with zero attached hydrogens (tertiary/aromatic N) is 2. The summed E-state index contributed by atoms with van der Waals surface area (Å²) in [7, 11) is 0. The van der Waals surface area contributed by atoms with Gasteiger partial charge in [0.15, 0.2) is 11.6 Å². The first-order valence-electron chi connectivity index (χ1n) is 10.9. The number of halogens is 2. The molecule has 0 aromatic heterocycles. The lowest BCUT2D eigenvalue weighted by Gasteiger charge is -2.36. The minimum absolute atomic E-state index is 0.0212. The smallest absolute Gasteiger partial charge is 0.254 e. The van der Waals surface area contributed by atoms with Gasteiger partial charge in [0.05, 0.1) is 0 Å². The monoisotopic (exact) mass is 457 g/mol. The van der Waals surface area contributed by atoms with Crippen molar-refractivity contribution in [3.63, 3.8) is 0 Å². The molecule has 1 unspecified atom stereocenters. The average Bonchev–Trinajstić information content (AvgIpc) is 2.79.